The van der Waals surface area contributed by atoms with Crippen molar-refractivity contribution < 1.29 is 0 Å². The number of rotatable bonds is 4. The SMILES string of the molecule is CCN[C@H](c1ccc(C)cc1)c1cccnc1. The van der Waals surface area contributed by atoms with Crippen LogP contribution in [0.15, 0.2) is 48.8 Å². The maximum Gasteiger partial charge on any atom is 0.0591 e. The van der Waals surface area contributed by atoms with Gasteiger partial charge in [0.2, 0.25) is 0 Å². The largest absolute Gasteiger partial charge is 0.306 e. The molecule has 1 aromatic carbocycles. The van der Waals surface area contributed by atoms with Gasteiger partial charge in [-0.15, -0.1) is 0 Å². The van der Waals surface area contributed by atoms with Gasteiger partial charge in [0.05, 0.1) is 6.04 Å². The third-order valence-electron chi connectivity index (χ3n) is 2.84. The van der Waals surface area contributed by atoms with Crippen LogP contribution in [0, 0.1) is 6.92 Å². The van der Waals surface area contributed by atoms with Crippen LogP contribution in [-0.4, -0.2) is 11.5 Å². The highest BCUT2D eigenvalue weighted by Gasteiger charge is 2.12. The van der Waals surface area contributed by atoms with E-state index in [2.05, 4.69) is 54.5 Å². The van der Waals surface area contributed by atoms with Crippen LogP contribution in [0.25, 0.3) is 0 Å². The summed E-state index contributed by atoms with van der Waals surface area (Å²) >= 11 is 0. The zero-order chi connectivity index (χ0) is 12.1. The molecular formula is C15H18N2. The summed E-state index contributed by atoms with van der Waals surface area (Å²) in [6, 6.07) is 13.0. The van der Waals surface area contributed by atoms with Crippen molar-refractivity contribution in [3.63, 3.8) is 0 Å². The van der Waals surface area contributed by atoms with Crippen molar-refractivity contribution in [2.45, 2.75) is 19.9 Å². The van der Waals surface area contributed by atoms with E-state index in [9.17, 15) is 0 Å². The van der Waals surface area contributed by atoms with Gasteiger partial charge < -0.3 is 5.32 Å². The van der Waals surface area contributed by atoms with Crippen LogP contribution in [0.4, 0.5) is 0 Å². The minimum Gasteiger partial charge on any atom is -0.306 e. The van der Waals surface area contributed by atoms with Crippen molar-refractivity contribution in [1.82, 2.24) is 10.3 Å². The monoisotopic (exact) mass is 226 g/mol. The smallest absolute Gasteiger partial charge is 0.0591 e. The molecule has 1 atom stereocenters. The van der Waals surface area contributed by atoms with E-state index in [1.807, 2.05) is 18.5 Å². The molecule has 1 N–H and O–H groups in total. The molecule has 2 rings (SSSR count). The van der Waals surface area contributed by atoms with Crippen molar-refractivity contribution in [2.75, 3.05) is 6.54 Å². The Hall–Kier alpha value is -1.67. The summed E-state index contributed by atoms with van der Waals surface area (Å²) in [7, 11) is 0. The Morgan fingerprint density at radius 3 is 2.47 bits per heavy atom. The number of aryl methyl sites for hydroxylation is 1. The fourth-order valence-corrected chi connectivity index (χ4v) is 1.94. The molecule has 0 radical (unpaired) electrons. The number of pyridine rings is 1. The van der Waals surface area contributed by atoms with Crippen LogP contribution < -0.4 is 5.32 Å². The Morgan fingerprint density at radius 1 is 1.12 bits per heavy atom. The van der Waals surface area contributed by atoms with Crippen LogP contribution in [0.3, 0.4) is 0 Å². The molecule has 0 fully saturated rings. The van der Waals surface area contributed by atoms with Crippen molar-refractivity contribution >= 4 is 0 Å². The van der Waals surface area contributed by atoms with Gasteiger partial charge in [0.25, 0.3) is 0 Å². The Labute approximate surface area is 103 Å². The van der Waals surface area contributed by atoms with Gasteiger partial charge in [-0.05, 0) is 30.7 Å². The van der Waals surface area contributed by atoms with Gasteiger partial charge in [-0.3, -0.25) is 4.98 Å². The lowest BCUT2D eigenvalue weighted by Crippen LogP contribution is -2.22. The second-order valence-corrected chi connectivity index (χ2v) is 4.19. The summed E-state index contributed by atoms with van der Waals surface area (Å²) in [4.78, 5) is 4.19. The Balaban J connectivity index is 2.32. The van der Waals surface area contributed by atoms with Crippen molar-refractivity contribution in [1.29, 1.82) is 0 Å². The number of benzene rings is 1. The highest BCUT2D eigenvalue weighted by molar-refractivity contribution is 5.31. The van der Waals surface area contributed by atoms with Crippen LogP contribution in [0.2, 0.25) is 0 Å². The molecule has 0 saturated heterocycles. The van der Waals surface area contributed by atoms with E-state index in [1.165, 1.54) is 16.7 Å². The average molecular weight is 226 g/mol. The fraction of sp³-hybridized carbons (Fsp3) is 0.267. The van der Waals surface area contributed by atoms with Gasteiger partial charge in [0.1, 0.15) is 0 Å². The number of hydrogen-bond donors (Lipinski definition) is 1. The van der Waals surface area contributed by atoms with E-state index >= 15 is 0 Å². The lowest BCUT2D eigenvalue weighted by atomic mass is 9.99. The highest BCUT2D eigenvalue weighted by Crippen LogP contribution is 2.21. The Bertz CT molecular complexity index is 448. The molecule has 0 bridgehead atoms. The molecule has 1 aromatic heterocycles. The van der Waals surface area contributed by atoms with Gasteiger partial charge in [-0.2, -0.15) is 0 Å². The lowest BCUT2D eigenvalue weighted by Gasteiger charge is -2.18. The molecule has 17 heavy (non-hydrogen) atoms. The van der Waals surface area contributed by atoms with Gasteiger partial charge in [0, 0.05) is 12.4 Å². The molecule has 0 unspecified atom stereocenters. The number of nitrogens with one attached hydrogen (secondary N) is 1. The third kappa shape index (κ3) is 2.92. The quantitative estimate of drug-likeness (QED) is 0.866. The van der Waals surface area contributed by atoms with E-state index in [4.69, 9.17) is 0 Å². The molecular weight excluding hydrogens is 208 g/mol. The number of hydrogen-bond acceptors (Lipinski definition) is 2. The first kappa shape index (κ1) is 11.8. The molecule has 1 heterocycles. The summed E-state index contributed by atoms with van der Waals surface area (Å²) in [6.07, 6.45) is 3.73. The van der Waals surface area contributed by atoms with Gasteiger partial charge in [-0.25, -0.2) is 0 Å². The zero-order valence-corrected chi connectivity index (χ0v) is 10.4. The third-order valence-corrected chi connectivity index (χ3v) is 2.84. The van der Waals surface area contributed by atoms with E-state index in [0.717, 1.165) is 6.54 Å². The second-order valence-electron chi connectivity index (χ2n) is 4.19. The summed E-state index contributed by atoms with van der Waals surface area (Å²) in [5.41, 5.74) is 3.78. The normalized spacial score (nSPS) is 12.4. The molecule has 0 aliphatic carbocycles. The minimum absolute atomic E-state index is 0.231. The standard InChI is InChI=1S/C15H18N2/c1-3-17-15(14-5-4-10-16-11-14)13-8-6-12(2)7-9-13/h4-11,15,17H,3H2,1-2H3/t15-/m1/s1. The summed E-state index contributed by atoms with van der Waals surface area (Å²) in [5.74, 6) is 0. The zero-order valence-electron chi connectivity index (χ0n) is 10.4. The second kappa shape index (κ2) is 5.60. The maximum absolute atomic E-state index is 4.19. The van der Waals surface area contributed by atoms with E-state index in [1.54, 1.807) is 0 Å². The molecule has 2 nitrogen and oxygen atoms in total. The fourth-order valence-electron chi connectivity index (χ4n) is 1.94. The Kier molecular flexibility index (Phi) is 3.89. The Morgan fingerprint density at radius 2 is 1.88 bits per heavy atom. The number of aromatic nitrogens is 1. The van der Waals surface area contributed by atoms with Crippen molar-refractivity contribution in [3.05, 3.63) is 65.5 Å². The van der Waals surface area contributed by atoms with Crippen LogP contribution in [0.5, 0.6) is 0 Å². The first-order chi connectivity index (χ1) is 8.31. The molecule has 2 aromatic rings. The van der Waals surface area contributed by atoms with Crippen molar-refractivity contribution in [3.8, 4) is 0 Å². The topological polar surface area (TPSA) is 24.9 Å². The molecule has 88 valence electrons. The number of nitrogens with zero attached hydrogens (tertiary/aromatic N) is 1. The van der Waals surface area contributed by atoms with Crippen LogP contribution in [-0.2, 0) is 0 Å². The van der Waals surface area contributed by atoms with Gasteiger partial charge >= 0.3 is 0 Å². The molecule has 2 heteroatoms. The molecule has 0 saturated carbocycles. The predicted octanol–water partition coefficient (Wildman–Crippen LogP) is 3.09. The summed E-state index contributed by atoms with van der Waals surface area (Å²) in [5, 5.41) is 3.49. The first-order valence-electron chi connectivity index (χ1n) is 6.01. The van der Waals surface area contributed by atoms with Crippen LogP contribution in [0.1, 0.15) is 29.7 Å². The van der Waals surface area contributed by atoms with E-state index < -0.39 is 0 Å². The maximum atomic E-state index is 4.19. The first-order valence-corrected chi connectivity index (χ1v) is 6.01. The molecule has 0 spiro atoms. The predicted molar refractivity (Wildman–Crippen MR) is 70.9 cm³/mol. The lowest BCUT2D eigenvalue weighted by molar-refractivity contribution is 0.628. The average Bonchev–Trinajstić information content (AvgIpc) is 2.38. The summed E-state index contributed by atoms with van der Waals surface area (Å²) in [6.45, 7) is 5.17. The molecule has 0 aliphatic heterocycles. The van der Waals surface area contributed by atoms with E-state index in [-0.39, 0.29) is 6.04 Å². The molecule has 0 aliphatic rings. The van der Waals surface area contributed by atoms with Crippen LogP contribution >= 0.6 is 0 Å². The van der Waals surface area contributed by atoms with E-state index in [0.29, 0.717) is 0 Å². The van der Waals surface area contributed by atoms with Crippen molar-refractivity contribution in [2.24, 2.45) is 0 Å². The van der Waals surface area contributed by atoms with Gasteiger partial charge in [0.15, 0.2) is 0 Å². The van der Waals surface area contributed by atoms with Gasteiger partial charge in [-0.1, -0.05) is 42.8 Å². The minimum atomic E-state index is 0.231. The molecule has 0 amide bonds. The summed E-state index contributed by atoms with van der Waals surface area (Å²) < 4.78 is 0. The highest BCUT2D eigenvalue weighted by atomic mass is 14.9.